The monoisotopic (exact) mass is 348 g/mol. The van der Waals surface area contributed by atoms with Crippen LogP contribution in [-0.4, -0.2) is 12.7 Å². The van der Waals surface area contributed by atoms with Crippen LogP contribution in [-0.2, 0) is 0 Å². The number of hydrogen-bond donors (Lipinski definition) is 0. The Balaban J connectivity index is 1.97. The number of rotatable bonds is 3. The number of furan rings is 1. The summed E-state index contributed by atoms with van der Waals surface area (Å²) in [7, 11) is 0. The summed E-state index contributed by atoms with van der Waals surface area (Å²) in [6, 6.07) is 12.9. The van der Waals surface area contributed by atoms with Gasteiger partial charge in [-0.3, -0.25) is 0 Å². The minimum Gasteiger partial charge on any atom is -0.438 e. The first kappa shape index (κ1) is 17.0. The fourth-order valence-corrected chi connectivity index (χ4v) is 4.42. The van der Waals surface area contributed by atoms with Crippen molar-refractivity contribution in [1.82, 2.24) is 0 Å². The Bertz CT molecular complexity index is 946. The third-order valence-corrected chi connectivity index (χ3v) is 5.32. The molecule has 0 bridgehead atoms. The molecule has 26 heavy (non-hydrogen) atoms. The fraction of sp³-hybridized carbons (Fsp3) is 0.391. The van der Waals surface area contributed by atoms with Crippen LogP contribution in [0, 0.1) is 26.7 Å². The third-order valence-electron chi connectivity index (χ3n) is 5.32. The summed E-state index contributed by atoms with van der Waals surface area (Å²) >= 11 is 0. The average molecular weight is 348 g/mol. The molecule has 0 radical (unpaired) electrons. The molecule has 1 atom stereocenters. The average Bonchev–Trinajstić information content (AvgIpc) is 3.04. The van der Waals surface area contributed by atoms with E-state index in [0.717, 1.165) is 18.0 Å². The van der Waals surface area contributed by atoms with Gasteiger partial charge in [0.2, 0.25) is 5.88 Å². The molecule has 3 aromatic rings. The largest absolute Gasteiger partial charge is 0.438 e. The van der Waals surface area contributed by atoms with E-state index in [1.54, 1.807) is 0 Å². The van der Waals surface area contributed by atoms with Gasteiger partial charge >= 0.3 is 0 Å². The van der Waals surface area contributed by atoms with Crippen molar-refractivity contribution < 1.29 is 4.42 Å². The molecule has 1 aliphatic heterocycles. The summed E-state index contributed by atoms with van der Waals surface area (Å²) in [6.45, 7) is 14.4. The number of para-hydroxylation sites is 1. The smallest absolute Gasteiger partial charge is 0.222 e. The van der Waals surface area contributed by atoms with Crippen molar-refractivity contribution in [3.05, 3.63) is 53.1 Å². The van der Waals surface area contributed by atoms with Gasteiger partial charge in [0.1, 0.15) is 17.4 Å². The molecular formula is C23H28N2O. The lowest BCUT2D eigenvalue weighted by Crippen LogP contribution is -2.41. The van der Waals surface area contributed by atoms with Crippen LogP contribution in [0.1, 0.15) is 37.5 Å². The van der Waals surface area contributed by atoms with Crippen LogP contribution in [0.2, 0.25) is 0 Å². The van der Waals surface area contributed by atoms with Crippen molar-refractivity contribution in [2.75, 3.05) is 16.3 Å². The van der Waals surface area contributed by atoms with E-state index in [2.05, 4.69) is 81.7 Å². The molecule has 1 aliphatic rings. The highest BCUT2D eigenvalue weighted by Gasteiger charge is 2.40. The van der Waals surface area contributed by atoms with Gasteiger partial charge in [0.05, 0.1) is 0 Å². The Morgan fingerprint density at radius 1 is 1.00 bits per heavy atom. The summed E-state index contributed by atoms with van der Waals surface area (Å²) in [5, 5.41) is 1.19. The molecule has 4 rings (SSSR count). The number of anilines is 3. The normalized spacial score (nSPS) is 16.8. The predicted molar refractivity (Wildman–Crippen MR) is 111 cm³/mol. The molecule has 2 heterocycles. The predicted octanol–water partition coefficient (Wildman–Crippen LogP) is 6.32. The lowest BCUT2D eigenvalue weighted by Gasteiger charge is -2.33. The van der Waals surface area contributed by atoms with Crippen molar-refractivity contribution in [3.63, 3.8) is 0 Å². The highest BCUT2D eigenvalue weighted by Crippen LogP contribution is 2.51. The molecular weight excluding hydrogens is 320 g/mol. The summed E-state index contributed by atoms with van der Waals surface area (Å²) in [6.07, 6.45) is 0.232. The summed E-state index contributed by atoms with van der Waals surface area (Å²) < 4.78 is 6.33. The molecule has 0 saturated carbocycles. The van der Waals surface area contributed by atoms with E-state index in [1.165, 1.54) is 33.5 Å². The zero-order valence-corrected chi connectivity index (χ0v) is 16.6. The first-order valence-electron chi connectivity index (χ1n) is 9.53. The van der Waals surface area contributed by atoms with Crippen molar-refractivity contribution >= 4 is 28.2 Å². The molecule has 0 fully saturated rings. The molecule has 0 saturated heterocycles. The molecule has 3 heteroatoms. The van der Waals surface area contributed by atoms with Crippen LogP contribution in [0.25, 0.3) is 11.0 Å². The van der Waals surface area contributed by atoms with Crippen LogP contribution in [0.15, 0.2) is 40.8 Å². The quantitative estimate of drug-likeness (QED) is 0.552. The molecule has 2 aromatic carbocycles. The molecule has 0 spiro atoms. The lowest BCUT2D eigenvalue weighted by atomic mass is 10.0. The second-order valence-electron chi connectivity index (χ2n) is 8.05. The Hall–Kier alpha value is -2.42. The first-order valence-corrected chi connectivity index (χ1v) is 9.53. The van der Waals surface area contributed by atoms with E-state index in [1.807, 2.05) is 6.07 Å². The summed E-state index contributed by atoms with van der Waals surface area (Å²) in [4.78, 5) is 4.90. The lowest BCUT2D eigenvalue weighted by molar-refractivity contribution is 0.519. The van der Waals surface area contributed by atoms with Crippen LogP contribution in [0.3, 0.4) is 0 Å². The van der Waals surface area contributed by atoms with E-state index >= 15 is 0 Å². The second-order valence-corrected chi connectivity index (χ2v) is 8.05. The van der Waals surface area contributed by atoms with Crippen molar-refractivity contribution in [2.24, 2.45) is 5.92 Å². The Morgan fingerprint density at radius 2 is 1.65 bits per heavy atom. The third kappa shape index (κ3) is 2.49. The van der Waals surface area contributed by atoms with E-state index in [9.17, 15) is 0 Å². The van der Waals surface area contributed by atoms with Gasteiger partial charge in [0.15, 0.2) is 0 Å². The summed E-state index contributed by atoms with van der Waals surface area (Å²) in [5.41, 5.74) is 7.43. The van der Waals surface area contributed by atoms with E-state index < -0.39 is 0 Å². The molecule has 136 valence electrons. The van der Waals surface area contributed by atoms with Crippen LogP contribution in [0.5, 0.6) is 0 Å². The van der Waals surface area contributed by atoms with Gasteiger partial charge in [-0.2, -0.15) is 0 Å². The number of fused-ring (bicyclic) bond motifs is 3. The zero-order valence-electron chi connectivity index (χ0n) is 16.6. The van der Waals surface area contributed by atoms with Crippen molar-refractivity contribution in [1.29, 1.82) is 0 Å². The maximum absolute atomic E-state index is 6.33. The Kier molecular flexibility index (Phi) is 3.98. The zero-order chi connectivity index (χ0) is 18.6. The minimum absolute atomic E-state index is 0.232. The van der Waals surface area contributed by atoms with Crippen LogP contribution in [0.4, 0.5) is 17.3 Å². The SMILES string of the molecule is Cc1cc(C)c(N2c3c(oc4ccccc34)N(CC(C)C)[C@@H]2C)c(C)c1. The molecule has 3 nitrogen and oxygen atoms in total. The standard InChI is InChI=1S/C23H28N2O/c1-14(2)13-24-18(6)25(21-16(4)11-15(3)12-17(21)5)22-19-9-7-8-10-20(19)26-23(22)24/h7-12,14,18H,13H2,1-6H3/t18-/m0/s1. The van der Waals surface area contributed by atoms with Gasteiger partial charge in [0, 0.05) is 17.6 Å². The topological polar surface area (TPSA) is 19.6 Å². The molecule has 0 unspecified atom stereocenters. The molecule has 0 amide bonds. The molecule has 0 N–H and O–H groups in total. The van der Waals surface area contributed by atoms with Crippen LogP contribution >= 0.6 is 0 Å². The van der Waals surface area contributed by atoms with Gasteiger partial charge < -0.3 is 14.2 Å². The van der Waals surface area contributed by atoms with E-state index in [-0.39, 0.29) is 6.17 Å². The number of benzene rings is 2. The number of nitrogens with zero attached hydrogens (tertiary/aromatic N) is 2. The van der Waals surface area contributed by atoms with Gasteiger partial charge in [0.25, 0.3) is 0 Å². The Labute approximate surface area is 156 Å². The van der Waals surface area contributed by atoms with Gasteiger partial charge in [-0.05, 0) is 56.9 Å². The highest BCUT2D eigenvalue weighted by molar-refractivity contribution is 6.03. The van der Waals surface area contributed by atoms with E-state index in [0.29, 0.717) is 5.92 Å². The second kappa shape index (κ2) is 6.08. The van der Waals surface area contributed by atoms with Crippen LogP contribution < -0.4 is 9.80 Å². The minimum atomic E-state index is 0.232. The summed E-state index contributed by atoms with van der Waals surface area (Å²) in [5.74, 6) is 1.57. The Morgan fingerprint density at radius 3 is 2.31 bits per heavy atom. The maximum atomic E-state index is 6.33. The maximum Gasteiger partial charge on any atom is 0.222 e. The number of aryl methyl sites for hydroxylation is 3. The number of hydrogen-bond acceptors (Lipinski definition) is 3. The van der Waals surface area contributed by atoms with Crippen molar-refractivity contribution in [2.45, 2.75) is 47.7 Å². The molecule has 0 aliphatic carbocycles. The molecule has 1 aromatic heterocycles. The van der Waals surface area contributed by atoms with Gasteiger partial charge in [-0.15, -0.1) is 0 Å². The van der Waals surface area contributed by atoms with E-state index in [4.69, 9.17) is 4.42 Å². The van der Waals surface area contributed by atoms with Crippen molar-refractivity contribution in [3.8, 4) is 0 Å². The van der Waals surface area contributed by atoms with Gasteiger partial charge in [-0.1, -0.05) is 43.7 Å². The fourth-order valence-electron chi connectivity index (χ4n) is 4.42. The van der Waals surface area contributed by atoms with Gasteiger partial charge in [-0.25, -0.2) is 0 Å². The first-order chi connectivity index (χ1) is 12.4. The highest BCUT2D eigenvalue weighted by atomic mass is 16.4.